The van der Waals surface area contributed by atoms with E-state index in [-0.39, 0.29) is 23.9 Å². The minimum Gasteiger partial charge on any atom is -0.335 e. The summed E-state index contributed by atoms with van der Waals surface area (Å²) in [7, 11) is 0. The van der Waals surface area contributed by atoms with Crippen LogP contribution in [0.2, 0.25) is 0 Å². The van der Waals surface area contributed by atoms with Crippen LogP contribution in [0.25, 0.3) is 0 Å². The molecule has 0 spiro atoms. The number of hydrogen-bond donors (Lipinski definition) is 2. The van der Waals surface area contributed by atoms with Crippen LogP contribution in [-0.4, -0.2) is 12.1 Å². The smallest absolute Gasteiger partial charge is 0.335 e. The molecule has 3 nitrogen and oxygen atoms in total. The van der Waals surface area contributed by atoms with Crippen LogP contribution in [-0.2, 0) is 12.6 Å². The van der Waals surface area contributed by atoms with Gasteiger partial charge in [-0.05, 0) is 47.9 Å². The van der Waals surface area contributed by atoms with Crippen molar-refractivity contribution in [2.24, 2.45) is 0 Å². The van der Waals surface area contributed by atoms with Crippen LogP contribution >= 0.6 is 0 Å². The molecule has 1 unspecified atom stereocenters. The second-order valence-corrected chi connectivity index (χ2v) is 8.02. The first-order chi connectivity index (χ1) is 13.5. The van der Waals surface area contributed by atoms with E-state index < -0.39 is 11.7 Å². The predicted octanol–water partition coefficient (Wildman–Crippen LogP) is 6.70. The lowest BCUT2D eigenvalue weighted by Crippen LogP contribution is -2.37. The molecule has 0 saturated carbocycles. The van der Waals surface area contributed by atoms with Crippen LogP contribution in [0.3, 0.4) is 0 Å². The zero-order chi connectivity index (χ0) is 21.8. The van der Waals surface area contributed by atoms with Crippen LogP contribution in [0.1, 0.15) is 68.7 Å². The van der Waals surface area contributed by atoms with E-state index in [1.807, 2.05) is 18.2 Å². The third-order valence-electron chi connectivity index (χ3n) is 4.79. The van der Waals surface area contributed by atoms with Crippen molar-refractivity contribution in [1.29, 1.82) is 0 Å². The summed E-state index contributed by atoms with van der Waals surface area (Å²) < 4.78 is 38.7. The van der Waals surface area contributed by atoms with Crippen molar-refractivity contribution in [3.63, 3.8) is 0 Å². The van der Waals surface area contributed by atoms with Crippen LogP contribution < -0.4 is 10.6 Å². The molecule has 6 heteroatoms. The van der Waals surface area contributed by atoms with E-state index in [1.165, 1.54) is 6.07 Å². The Morgan fingerprint density at radius 2 is 1.48 bits per heavy atom. The molecule has 0 fully saturated rings. The molecule has 0 heterocycles. The van der Waals surface area contributed by atoms with Gasteiger partial charge in [0.1, 0.15) is 0 Å². The number of amides is 2. The van der Waals surface area contributed by atoms with Gasteiger partial charge in [-0.1, -0.05) is 64.1 Å². The van der Waals surface area contributed by atoms with Gasteiger partial charge < -0.3 is 10.6 Å². The molecular formula is C23H29F3N2O. The Hall–Kier alpha value is -2.50. The van der Waals surface area contributed by atoms with E-state index in [0.717, 1.165) is 28.9 Å². The van der Waals surface area contributed by atoms with Crippen LogP contribution in [0, 0.1) is 0 Å². The largest absolute Gasteiger partial charge is 0.416 e. The van der Waals surface area contributed by atoms with Crippen molar-refractivity contribution in [3.05, 3.63) is 64.7 Å². The number of urea groups is 1. The Balaban J connectivity index is 2.10. The number of hydrogen-bond acceptors (Lipinski definition) is 1. The number of carbonyl (C=O) groups excluding carboxylic acids is 1. The molecule has 0 aliphatic rings. The van der Waals surface area contributed by atoms with Gasteiger partial charge in [0.25, 0.3) is 0 Å². The fourth-order valence-corrected chi connectivity index (χ4v) is 3.35. The zero-order valence-electron chi connectivity index (χ0n) is 17.5. The second-order valence-electron chi connectivity index (χ2n) is 8.02. The molecule has 2 aromatic rings. The maximum absolute atomic E-state index is 12.9. The first kappa shape index (κ1) is 22.8. The maximum Gasteiger partial charge on any atom is 0.416 e. The van der Waals surface area contributed by atoms with Gasteiger partial charge in [-0.15, -0.1) is 0 Å². The van der Waals surface area contributed by atoms with Gasteiger partial charge in [0.05, 0.1) is 5.56 Å². The highest BCUT2D eigenvalue weighted by Gasteiger charge is 2.30. The Morgan fingerprint density at radius 3 is 2.00 bits per heavy atom. The number of para-hydroxylation sites is 1. The summed E-state index contributed by atoms with van der Waals surface area (Å²) in [4.78, 5) is 12.6. The van der Waals surface area contributed by atoms with Gasteiger partial charge >= 0.3 is 12.2 Å². The topological polar surface area (TPSA) is 41.1 Å². The highest BCUT2D eigenvalue weighted by atomic mass is 19.4. The zero-order valence-corrected chi connectivity index (χ0v) is 17.5. The van der Waals surface area contributed by atoms with E-state index in [9.17, 15) is 18.0 Å². The molecule has 2 aromatic carbocycles. The van der Waals surface area contributed by atoms with Gasteiger partial charge in [-0.2, -0.15) is 13.2 Å². The number of alkyl halides is 3. The van der Waals surface area contributed by atoms with Gasteiger partial charge in [0, 0.05) is 11.7 Å². The molecule has 0 aliphatic carbocycles. The summed E-state index contributed by atoms with van der Waals surface area (Å²) in [5.41, 5.74) is 2.76. The molecule has 29 heavy (non-hydrogen) atoms. The summed E-state index contributed by atoms with van der Waals surface area (Å²) in [6.45, 7) is 10.0. The minimum absolute atomic E-state index is 0.242. The number of halogens is 3. The fourth-order valence-electron chi connectivity index (χ4n) is 3.35. The highest BCUT2D eigenvalue weighted by Crippen LogP contribution is 2.32. The number of nitrogens with one attached hydrogen (secondary N) is 2. The van der Waals surface area contributed by atoms with Gasteiger partial charge in [-0.25, -0.2) is 4.79 Å². The summed E-state index contributed by atoms with van der Waals surface area (Å²) in [5, 5.41) is 5.80. The number of benzene rings is 2. The van der Waals surface area contributed by atoms with Crippen molar-refractivity contribution >= 4 is 11.7 Å². The Labute approximate surface area is 170 Å². The molecular weight excluding hydrogens is 377 g/mol. The number of rotatable bonds is 6. The average molecular weight is 406 g/mol. The van der Waals surface area contributed by atoms with E-state index in [2.05, 4.69) is 38.3 Å². The summed E-state index contributed by atoms with van der Waals surface area (Å²) >= 11 is 0. The molecule has 2 amide bonds. The van der Waals surface area contributed by atoms with Gasteiger partial charge in [-0.3, -0.25) is 0 Å². The summed E-state index contributed by atoms with van der Waals surface area (Å²) in [5.74, 6) is 0.484. The SMILES string of the molecule is CC(Cc1cccc(C(F)(F)F)c1)NC(=O)Nc1c(C(C)C)cccc1C(C)C. The lowest BCUT2D eigenvalue weighted by molar-refractivity contribution is -0.137. The molecule has 2 rings (SSSR count). The Morgan fingerprint density at radius 1 is 0.931 bits per heavy atom. The third-order valence-corrected chi connectivity index (χ3v) is 4.79. The van der Waals surface area contributed by atoms with Crippen LogP contribution in [0.5, 0.6) is 0 Å². The van der Waals surface area contributed by atoms with E-state index >= 15 is 0 Å². The van der Waals surface area contributed by atoms with Crippen molar-refractivity contribution in [3.8, 4) is 0 Å². The Kier molecular flexibility index (Phi) is 7.33. The monoisotopic (exact) mass is 406 g/mol. The van der Waals surface area contributed by atoms with E-state index in [0.29, 0.717) is 12.0 Å². The van der Waals surface area contributed by atoms with Crippen molar-refractivity contribution in [1.82, 2.24) is 5.32 Å². The minimum atomic E-state index is -4.38. The number of anilines is 1. The molecule has 0 aromatic heterocycles. The maximum atomic E-state index is 12.9. The van der Waals surface area contributed by atoms with Crippen molar-refractivity contribution in [2.75, 3.05) is 5.32 Å². The fraction of sp³-hybridized carbons (Fsp3) is 0.435. The highest BCUT2D eigenvalue weighted by molar-refractivity contribution is 5.91. The summed E-state index contributed by atoms with van der Waals surface area (Å²) in [6.07, 6.45) is -4.07. The third kappa shape index (κ3) is 6.24. The predicted molar refractivity (Wildman–Crippen MR) is 111 cm³/mol. The summed E-state index contributed by atoms with van der Waals surface area (Å²) in [6, 6.07) is 10.5. The molecule has 0 saturated heterocycles. The van der Waals surface area contributed by atoms with Gasteiger partial charge in [0.15, 0.2) is 0 Å². The average Bonchev–Trinajstić information content (AvgIpc) is 2.60. The molecule has 2 N–H and O–H groups in total. The van der Waals surface area contributed by atoms with E-state index in [4.69, 9.17) is 0 Å². The van der Waals surface area contributed by atoms with Crippen LogP contribution in [0.15, 0.2) is 42.5 Å². The lowest BCUT2D eigenvalue weighted by atomic mass is 9.93. The normalized spacial score (nSPS) is 12.9. The van der Waals surface area contributed by atoms with Crippen LogP contribution in [0.4, 0.5) is 23.7 Å². The van der Waals surface area contributed by atoms with E-state index in [1.54, 1.807) is 13.0 Å². The van der Waals surface area contributed by atoms with Gasteiger partial charge in [0.2, 0.25) is 0 Å². The quantitative estimate of drug-likeness (QED) is 0.550. The molecule has 1 atom stereocenters. The molecule has 0 aliphatic heterocycles. The second kappa shape index (κ2) is 9.33. The van der Waals surface area contributed by atoms with Crippen molar-refractivity contribution in [2.45, 2.75) is 65.1 Å². The first-order valence-electron chi connectivity index (χ1n) is 9.85. The Bertz CT molecular complexity index is 818. The standard InChI is InChI=1S/C23H29F3N2O/c1-14(2)19-10-7-11-20(15(3)4)21(19)28-22(29)27-16(5)12-17-8-6-9-18(13-17)23(24,25)26/h6-11,13-16H,12H2,1-5H3,(H2,27,28,29). The number of carbonyl (C=O) groups is 1. The molecule has 158 valence electrons. The van der Waals surface area contributed by atoms with Crippen molar-refractivity contribution < 1.29 is 18.0 Å². The lowest BCUT2D eigenvalue weighted by Gasteiger charge is -2.22. The molecule has 0 bridgehead atoms. The molecule has 0 radical (unpaired) electrons. The first-order valence-corrected chi connectivity index (χ1v) is 9.85.